The number of ether oxygens (including phenoxy) is 1. The molecule has 164 valence electrons. The summed E-state index contributed by atoms with van der Waals surface area (Å²) in [7, 11) is 0. The summed E-state index contributed by atoms with van der Waals surface area (Å²) in [6, 6.07) is 11.5. The number of benzene rings is 2. The number of carbonyl (C=O) groups excluding carboxylic acids is 2. The minimum absolute atomic E-state index is 0.0142. The van der Waals surface area contributed by atoms with E-state index in [1.165, 1.54) is 0 Å². The molecule has 6 heteroatoms. The van der Waals surface area contributed by atoms with Gasteiger partial charge in [-0.1, -0.05) is 30.3 Å². The Morgan fingerprint density at radius 3 is 2.65 bits per heavy atom. The predicted molar refractivity (Wildman–Crippen MR) is 118 cm³/mol. The van der Waals surface area contributed by atoms with Crippen molar-refractivity contribution in [3.05, 3.63) is 42.0 Å². The van der Waals surface area contributed by atoms with Gasteiger partial charge in [-0.2, -0.15) is 0 Å². The molecule has 1 spiro atoms. The number of carbonyl (C=O) groups is 2. The van der Waals surface area contributed by atoms with E-state index in [2.05, 4.69) is 4.90 Å². The highest BCUT2D eigenvalue weighted by Crippen LogP contribution is 2.42. The number of amides is 1. The van der Waals surface area contributed by atoms with Gasteiger partial charge in [-0.3, -0.25) is 14.5 Å². The average Bonchev–Trinajstić information content (AvgIpc) is 3.05. The Hall–Kier alpha value is -2.60. The maximum absolute atomic E-state index is 13.3. The summed E-state index contributed by atoms with van der Waals surface area (Å²) in [6.07, 6.45) is 4.55. The molecule has 0 aliphatic carbocycles. The van der Waals surface area contributed by atoms with Crippen molar-refractivity contribution in [1.29, 1.82) is 0 Å². The molecule has 31 heavy (non-hydrogen) atoms. The zero-order valence-corrected chi connectivity index (χ0v) is 18.0. The third-order valence-corrected chi connectivity index (χ3v) is 7.41. The van der Waals surface area contributed by atoms with E-state index >= 15 is 0 Å². The van der Waals surface area contributed by atoms with E-state index in [1.54, 1.807) is 6.07 Å². The Morgan fingerprint density at radius 1 is 1.13 bits per heavy atom. The zero-order valence-electron chi connectivity index (χ0n) is 18.0. The summed E-state index contributed by atoms with van der Waals surface area (Å²) >= 11 is 0. The minimum Gasteiger partial charge on any atom is -0.507 e. The molecule has 1 N–H and O–H groups in total. The number of phenolic OH excluding ortho intramolecular Hbond substituents is 1. The molecule has 0 saturated carbocycles. The third-order valence-electron chi connectivity index (χ3n) is 7.41. The van der Waals surface area contributed by atoms with Crippen molar-refractivity contribution in [2.75, 3.05) is 26.2 Å². The number of esters is 1. The maximum Gasteiger partial charge on any atom is 0.313 e. The summed E-state index contributed by atoms with van der Waals surface area (Å²) in [5, 5.41) is 12.2. The highest BCUT2D eigenvalue weighted by atomic mass is 16.6. The highest BCUT2D eigenvalue weighted by Gasteiger charge is 2.50. The summed E-state index contributed by atoms with van der Waals surface area (Å²) in [4.78, 5) is 30.1. The number of hydrogen-bond donors (Lipinski definition) is 1. The van der Waals surface area contributed by atoms with Crippen LogP contribution in [0.1, 0.15) is 49.4 Å². The maximum atomic E-state index is 13.3. The third kappa shape index (κ3) is 3.57. The van der Waals surface area contributed by atoms with E-state index in [0.717, 1.165) is 56.0 Å². The second-order valence-corrected chi connectivity index (χ2v) is 9.48. The van der Waals surface area contributed by atoms with Crippen LogP contribution in [0.25, 0.3) is 10.8 Å². The number of aromatic hydroxyl groups is 1. The van der Waals surface area contributed by atoms with Crippen molar-refractivity contribution in [1.82, 2.24) is 9.80 Å². The number of piperidine rings is 2. The Kier molecular flexibility index (Phi) is 5.13. The van der Waals surface area contributed by atoms with Crippen molar-refractivity contribution in [2.24, 2.45) is 5.41 Å². The van der Waals surface area contributed by atoms with Gasteiger partial charge in [0.2, 0.25) is 0 Å². The molecule has 5 rings (SSSR count). The fourth-order valence-corrected chi connectivity index (χ4v) is 5.87. The molecule has 6 nitrogen and oxygen atoms in total. The number of phenols is 1. The summed E-state index contributed by atoms with van der Waals surface area (Å²) in [5.41, 5.74) is 0.0653. The average molecular weight is 423 g/mol. The van der Waals surface area contributed by atoms with Gasteiger partial charge in [0.1, 0.15) is 11.9 Å². The fraction of sp³-hybridized carbons (Fsp3) is 0.520. The number of nitrogens with zero attached hydrogens (tertiary/aromatic N) is 2. The summed E-state index contributed by atoms with van der Waals surface area (Å²) in [5.74, 6) is -0.0857. The number of cyclic esters (lactones) is 1. The zero-order chi connectivity index (χ0) is 21.6. The van der Waals surface area contributed by atoms with Gasteiger partial charge in [0.25, 0.3) is 5.91 Å². The lowest BCUT2D eigenvalue weighted by Gasteiger charge is -2.44. The van der Waals surface area contributed by atoms with Crippen LogP contribution in [0.4, 0.5) is 0 Å². The lowest BCUT2D eigenvalue weighted by atomic mass is 9.77. The number of fused-ring (bicyclic) bond motifs is 1. The van der Waals surface area contributed by atoms with E-state index in [1.807, 2.05) is 42.2 Å². The summed E-state index contributed by atoms with van der Waals surface area (Å²) < 4.78 is 5.49. The van der Waals surface area contributed by atoms with E-state index < -0.39 is 0 Å². The van der Waals surface area contributed by atoms with Gasteiger partial charge in [-0.15, -0.1) is 0 Å². The molecular formula is C25H30N2O4. The first kappa shape index (κ1) is 20.3. The van der Waals surface area contributed by atoms with Crippen molar-refractivity contribution < 1.29 is 19.4 Å². The van der Waals surface area contributed by atoms with Crippen molar-refractivity contribution >= 4 is 22.6 Å². The lowest BCUT2D eigenvalue weighted by molar-refractivity contribution is -0.151. The number of hydrogen-bond acceptors (Lipinski definition) is 5. The molecule has 0 radical (unpaired) electrons. The Balaban J connectivity index is 1.28. The second-order valence-electron chi connectivity index (χ2n) is 9.48. The summed E-state index contributed by atoms with van der Waals surface area (Å²) in [6.45, 7) is 5.09. The first-order valence-electron chi connectivity index (χ1n) is 11.4. The standard InChI is InChI=1S/C25H30N2O4/c1-17-15-25(24(30)31-17)11-4-12-27(16-25)19-9-13-26(14-10-19)23(29)22-20-6-3-2-5-18(20)7-8-21(22)28/h2-3,5-8,17,19,28H,4,9-16H2,1H3. The van der Waals surface area contributed by atoms with E-state index in [9.17, 15) is 14.7 Å². The quantitative estimate of drug-likeness (QED) is 0.750. The predicted octanol–water partition coefficient (Wildman–Crippen LogP) is 3.57. The van der Waals surface area contributed by atoms with Crippen LogP contribution >= 0.6 is 0 Å². The van der Waals surface area contributed by atoms with Crippen molar-refractivity contribution in [3.63, 3.8) is 0 Å². The van der Waals surface area contributed by atoms with Gasteiger partial charge in [0.05, 0.1) is 11.0 Å². The smallest absolute Gasteiger partial charge is 0.313 e. The molecule has 3 saturated heterocycles. The normalized spacial score (nSPS) is 27.7. The van der Waals surface area contributed by atoms with Crippen molar-refractivity contribution in [2.45, 2.75) is 51.2 Å². The number of rotatable bonds is 2. The lowest BCUT2D eigenvalue weighted by Crippen LogP contribution is -2.53. The van der Waals surface area contributed by atoms with Gasteiger partial charge in [0, 0.05) is 32.1 Å². The molecule has 2 aromatic rings. The topological polar surface area (TPSA) is 70.1 Å². The molecule has 0 aromatic heterocycles. The number of likely N-dealkylation sites (tertiary alicyclic amines) is 2. The van der Waals surface area contributed by atoms with Gasteiger partial charge in [-0.25, -0.2) is 0 Å². The van der Waals surface area contributed by atoms with Crippen LogP contribution in [0, 0.1) is 5.41 Å². The fourth-order valence-electron chi connectivity index (χ4n) is 5.87. The van der Waals surface area contributed by atoms with Crippen LogP contribution < -0.4 is 0 Å². The molecule has 1 amide bonds. The highest BCUT2D eigenvalue weighted by molar-refractivity contribution is 6.09. The van der Waals surface area contributed by atoms with Crippen LogP contribution in [0.5, 0.6) is 5.75 Å². The van der Waals surface area contributed by atoms with E-state index in [0.29, 0.717) is 24.7 Å². The van der Waals surface area contributed by atoms with Crippen LogP contribution in [0.15, 0.2) is 36.4 Å². The van der Waals surface area contributed by atoms with Crippen LogP contribution in [0.2, 0.25) is 0 Å². The molecule has 2 aromatic carbocycles. The SMILES string of the molecule is CC1CC2(CCCN(C3CCN(C(=O)c4c(O)ccc5ccccc45)CC3)C2)C(=O)O1. The molecule has 2 unspecified atom stereocenters. The molecule has 3 heterocycles. The first-order valence-corrected chi connectivity index (χ1v) is 11.4. The Bertz CT molecular complexity index is 1010. The van der Waals surface area contributed by atoms with Crippen LogP contribution in [-0.2, 0) is 9.53 Å². The largest absolute Gasteiger partial charge is 0.507 e. The molecule has 3 aliphatic rings. The molecular weight excluding hydrogens is 392 g/mol. The molecule has 0 bridgehead atoms. The van der Waals surface area contributed by atoms with Crippen LogP contribution in [0.3, 0.4) is 0 Å². The molecule has 2 atom stereocenters. The van der Waals surface area contributed by atoms with E-state index in [4.69, 9.17) is 4.74 Å². The van der Waals surface area contributed by atoms with Gasteiger partial charge >= 0.3 is 5.97 Å². The van der Waals surface area contributed by atoms with Crippen molar-refractivity contribution in [3.8, 4) is 5.75 Å². The molecule has 3 fully saturated rings. The second kappa shape index (κ2) is 7.83. The van der Waals surface area contributed by atoms with Gasteiger partial charge < -0.3 is 14.7 Å². The monoisotopic (exact) mass is 422 g/mol. The van der Waals surface area contributed by atoms with Gasteiger partial charge in [-0.05, 0) is 56.0 Å². The van der Waals surface area contributed by atoms with Gasteiger partial charge in [0.15, 0.2) is 0 Å². The van der Waals surface area contributed by atoms with E-state index in [-0.39, 0.29) is 29.1 Å². The Labute approximate surface area is 182 Å². The molecule has 3 aliphatic heterocycles. The minimum atomic E-state index is -0.334. The van der Waals surface area contributed by atoms with Crippen LogP contribution in [-0.4, -0.2) is 65.1 Å². The first-order chi connectivity index (χ1) is 15.0. The Morgan fingerprint density at radius 2 is 1.90 bits per heavy atom.